The third-order valence-corrected chi connectivity index (χ3v) is 5.97. The van der Waals surface area contributed by atoms with E-state index in [1.54, 1.807) is 12.1 Å². The molecule has 1 aliphatic heterocycles. The van der Waals surface area contributed by atoms with Crippen LogP contribution in [0.1, 0.15) is 30.3 Å². The molecule has 1 heterocycles. The number of carbonyl (C=O) groups is 1. The first-order chi connectivity index (χ1) is 16.2. The fourth-order valence-electron chi connectivity index (χ4n) is 4.19. The number of aliphatic hydroxyl groups is 1. The van der Waals surface area contributed by atoms with Crippen LogP contribution in [0.5, 0.6) is 34.5 Å². The molecule has 10 nitrogen and oxygen atoms in total. The van der Waals surface area contributed by atoms with E-state index in [2.05, 4.69) is 0 Å². The Balaban J connectivity index is 2.00. The van der Waals surface area contributed by atoms with Gasteiger partial charge < -0.3 is 43.7 Å². The molecule has 186 valence electrons. The number of methoxy groups -OCH3 is 4. The van der Waals surface area contributed by atoms with Crippen LogP contribution in [0.15, 0.2) is 24.3 Å². The molecule has 0 unspecified atom stereocenters. The average molecular weight is 478 g/mol. The van der Waals surface area contributed by atoms with E-state index < -0.39 is 30.0 Å². The van der Waals surface area contributed by atoms with Crippen LogP contribution >= 0.6 is 0 Å². The molecule has 0 bridgehead atoms. The topological polar surface area (TPSA) is 133 Å². The van der Waals surface area contributed by atoms with Crippen LogP contribution in [-0.4, -0.2) is 62.9 Å². The zero-order chi connectivity index (χ0) is 25.0. The third kappa shape index (κ3) is 4.92. The molecular formula is C24H30O10. The van der Waals surface area contributed by atoms with E-state index in [1.807, 2.05) is 0 Å². The molecule has 1 saturated heterocycles. The Bertz CT molecular complexity index is 971. The van der Waals surface area contributed by atoms with Gasteiger partial charge in [-0.2, -0.15) is 0 Å². The summed E-state index contributed by atoms with van der Waals surface area (Å²) in [7, 11) is 5.63. The van der Waals surface area contributed by atoms with E-state index in [0.29, 0.717) is 11.1 Å². The normalized spacial score (nSPS) is 20.5. The SMILES string of the molecule is COc1cc([C@@H](O)[C@@H]2CO[C@@H](c3cc(OC)c(O)c(OC)c3)[C@@H]2COC(C)=O)cc(OC)c1O. The Morgan fingerprint density at radius 1 is 0.941 bits per heavy atom. The molecule has 1 aliphatic rings. The number of aliphatic hydroxyl groups excluding tert-OH is 1. The molecule has 3 N–H and O–H groups in total. The summed E-state index contributed by atoms with van der Waals surface area (Å²) in [5.41, 5.74) is 1.06. The van der Waals surface area contributed by atoms with E-state index in [0.717, 1.165) is 0 Å². The molecule has 0 aromatic heterocycles. The third-order valence-electron chi connectivity index (χ3n) is 5.97. The molecule has 0 amide bonds. The summed E-state index contributed by atoms with van der Waals surface area (Å²) in [6.45, 7) is 1.44. The maximum atomic E-state index is 11.6. The molecule has 3 rings (SSSR count). The van der Waals surface area contributed by atoms with Crippen LogP contribution < -0.4 is 18.9 Å². The molecule has 4 atom stereocenters. The van der Waals surface area contributed by atoms with Gasteiger partial charge in [0.05, 0.1) is 53.9 Å². The summed E-state index contributed by atoms with van der Waals surface area (Å²) >= 11 is 0. The van der Waals surface area contributed by atoms with Gasteiger partial charge in [0, 0.05) is 18.8 Å². The summed E-state index contributed by atoms with van der Waals surface area (Å²) in [5, 5.41) is 31.8. The van der Waals surface area contributed by atoms with Gasteiger partial charge in [0.15, 0.2) is 23.0 Å². The second-order valence-electron chi connectivity index (χ2n) is 7.88. The lowest BCUT2D eigenvalue weighted by molar-refractivity contribution is -0.143. The molecule has 0 saturated carbocycles. The van der Waals surface area contributed by atoms with Crippen molar-refractivity contribution in [3.63, 3.8) is 0 Å². The molecule has 10 heteroatoms. The second kappa shape index (κ2) is 10.7. The van der Waals surface area contributed by atoms with Crippen molar-refractivity contribution in [2.75, 3.05) is 41.7 Å². The summed E-state index contributed by atoms with van der Waals surface area (Å²) in [5.74, 6) is -1.06. The zero-order valence-electron chi connectivity index (χ0n) is 19.7. The van der Waals surface area contributed by atoms with Crippen LogP contribution in [0.4, 0.5) is 0 Å². The van der Waals surface area contributed by atoms with E-state index in [4.69, 9.17) is 28.4 Å². The van der Waals surface area contributed by atoms with Crippen molar-refractivity contribution < 1.29 is 48.5 Å². The van der Waals surface area contributed by atoms with Crippen LogP contribution in [0, 0.1) is 11.8 Å². The Morgan fingerprint density at radius 3 is 1.85 bits per heavy atom. The van der Waals surface area contributed by atoms with E-state index in [9.17, 15) is 20.1 Å². The molecule has 1 fully saturated rings. The molecule has 0 spiro atoms. The number of carbonyl (C=O) groups excluding carboxylic acids is 1. The monoisotopic (exact) mass is 478 g/mol. The highest BCUT2D eigenvalue weighted by Gasteiger charge is 2.44. The quantitative estimate of drug-likeness (QED) is 0.462. The van der Waals surface area contributed by atoms with Gasteiger partial charge in [-0.05, 0) is 35.4 Å². The molecule has 0 radical (unpaired) electrons. The smallest absolute Gasteiger partial charge is 0.302 e. The standard InChI is InChI=1S/C24H30O10/c1-12(25)33-11-16-15(21(26)13-6-17(29-2)22(27)18(7-13)30-3)10-34-24(16)14-8-19(31-4)23(28)20(9-14)32-5/h6-9,15-16,21,24,26-28H,10-11H2,1-5H3/t15-,16-,21-,24+/m1/s1. The van der Waals surface area contributed by atoms with Gasteiger partial charge in [0.25, 0.3) is 0 Å². The number of rotatable bonds is 9. The molecular weight excluding hydrogens is 448 g/mol. The van der Waals surface area contributed by atoms with Crippen molar-refractivity contribution in [2.24, 2.45) is 11.8 Å². The zero-order valence-corrected chi connectivity index (χ0v) is 19.7. The van der Waals surface area contributed by atoms with Gasteiger partial charge in [0.1, 0.15) is 0 Å². The predicted molar refractivity (Wildman–Crippen MR) is 120 cm³/mol. The molecule has 0 aliphatic carbocycles. The van der Waals surface area contributed by atoms with Crippen LogP contribution in [0.2, 0.25) is 0 Å². The lowest BCUT2D eigenvalue weighted by Gasteiger charge is -2.27. The number of phenols is 2. The van der Waals surface area contributed by atoms with E-state index in [-0.39, 0.29) is 47.7 Å². The lowest BCUT2D eigenvalue weighted by atomic mass is 9.82. The maximum absolute atomic E-state index is 11.6. The Morgan fingerprint density at radius 2 is 1.41 bits per heavy atom. The van der Waals surface area contributed by atoms with Gasteiger partial charge >= 0.3 is 5.97 Å². The van der Waals surface area contributed by atoms with Crippen molar-refractivity contribution in [1.82, 2.24) is 0 Å². The van der Waals surface area contributed by atoms with E-state index >= 15 is 0 Å². The highest BCUT2D eigenvalue weighted by molar-refractivity contribution is 5.66. The van der Waals surface area contributed by atoms with Crippen molar-refractivity contribution in [3.8, 4) is 34.5 Å². The number of benzene rings is 2. The fourth-order valence-corrected chi connectivity index (χ4v) is 4.19. The number of ether oxygens (including phenoxy) is 6. The first-order valence-electron chi connectivity index (χ1n) is 10.6. The number of aromatic hydroxyl groups is 2. The second-order valence-corrected chi connectivity index (χ2v) is 7.88. The largest absolute Gasteiger partial charge is 0.502 e. The minimum atomic E-state index is -1.06. The van der Waals surface area contributed by atoms with Crippen molar-refractivity contribution >= 4 is 5.97 Å². The molecule has 34 heavy (non-hydrogen) atoms. The van der Waals surface area contributed by atoms with Crippen LogP contribution in [-0.2, 0) is 14.3 Å². The lowest BCUT2D eigenvalue weighted by Crippen LogP contribution is -2.27. The number of phenolic OH excluding ortho intramolecular Hbond substituents is 2. The van der Waals surface area contributed by atoms with Crippen molar-refractivity contribution in [2.45, 2.75) is 19.1 Å². The Hall–Kier alpha value is -3.37. The maximum Gasteiger partial charge on any atom is 0.302 e. The fraction of sp³-hybridized carbons (Fsp3) is 0.458. The summed E-state index contributed by atoms with van der Waals surface area (Å²) in [6.07, 6.45) is -1.65. The summed E-state index contributed by atoms with van der Waals surface area (Å²) < 4.78 is 32.3. The highest BCUT2D eigenvalue weighted by Crippen LogP contribution is 2.49. The first kappa shape index (κ1) is 25.3. The minimum Gasteiger partial charge on any atom is -0.502 e. The van der Waals surface area contributed by atoms with Gasteiger partial charge in [-0.15, -0.1) is 0 Å². The number of hydrogen-bond donors (Lipinski definition) is 3. The minimum absolute atomic E-state index is 0.0143. The molecule has 2 aromatic carbocycles. The number of hydrogen-bond acceptors (Lipinski definition) is 10. The number of esters is 1. The summed E-state index contributed by atoms with van der Waals surface area (Å²) in [4.78, 5) is 11.6. The van der Waals surface area contributed by atoms with Crippen molar-refractivity contribution in [3.05, 3.63) is 35.4 Å². The van der Waals surface area contributed by atoms with Gasteiger partial charge in [-0.1, -0.05) is 0 Å². The van der Waals surface area contributed by atoms with Gasteiger partial charge in [-0.25, -0.2) is 0 Å². The van der Waals surface area contributed by atoms with E-state index in [1.165, 1.54) is 47.5 Å². The first-order valence-corrected chi connectivity index (χ1v) is 10.6. The average Bonchev–Trinajstić information content (AvgIpc) is 3.26. The van der Waals surface area contributed by atoms with Gasteiger partial charge in [0.2, 0.25) is 11.5 Å². The Labute approximate surface area is 197 Å². The predicted octanol–water partition coefficient (Wildman–Crippen LogP) is 2.73. The van der Waals surface area contributed by atoms with Crippen LogP contribution in [0.25, 0.3) is 0 Å². The highest BCUT2D eigenvalue weighted by atomic mass is 16.5. The Kier molecular flexibility index (Phi) is 7.95. The molecule has 2 aromatic rings. The summed E-state index contributed by atoms with van der Waals surface area (Å²) in [6, 6.07) is 6.27. The van der Waals surface area contributed by atoms with Gasteiger partial charge in [-0.3, -0.25) is 4.79 Å². The van der Waals surface area contributed by atoms with Crippen molar-refractivity contribution in [1.29, 1.82) is 0 Å². The van der Waals surface area contributed by atoms with Crippen LogP contribution in [0.3, 0.4) is 0 Å².